The second kappa shape index (κ2) is 9.04. The predicted molar refractivity (Wildman–Crippen MR) is 109 cm³/mol. The molecule has 0 radical (unpaired) electrons. The molecule has 142 valence electrons. The Morgan fingerprint density at radius 3 is 2.48 bits per heavy atom. The number of hydrogen-bond donors (Lipinski definition) is 1. The molecule has 0 unspecified atom stereocenters. The molecule has 0 atom stereocenters. The molecule has 0 bridgehead atoms. The molecule has 0 saturated carbocycles. The summed E-state index contributed by atoms with van der Waals surface area (Å²) in [5.41, 5.74) is 1.75. The quantitative estimate of drug-likeness (QED) is 0.720. The Kier molecular flexibility index (Phi) is 6.50. The Balaban J connectivity index is 1.71. The maximum Gasteiger partial charge on any atom is 0.259 e. The van der Waals surface area contributed by atoms with E-state index in [9.17, 15) is 9.59 Å². The smallest absolute Gasteiger partial charge is 0.259 e. The topological polar surface area (TPSA) is 58.6 Å². The molecule has 1 N–H and O–H groups in total. The molecular weight excluding hydrogens is 408 g/mol. The number of rotatable bonds is 6. The van der Waals surface area contributed by atoms with Crippen molar-refractivity contribution in [3.8, 4) is 5.75 Å². The molecule has 0 spiro atoms. The van der Waals surface area contributed by atoms with Crippen LogP contribution in [0.2, 0.25) is 0 Å². The van der Waals surface area contributed by atoms with Gasteiger partial charge >= 0.3 is 0 Å². The standard InChI is InChI=1S/C21H23BrN2O3/c1-2-13-27-19-10-7-16(22)14-18(19)20(25)23-17-8-5-15(6-9-17)21(26)24-11-3-4-12-24/h5-10,14H,2-4,11-13H2,1H3,(H,23,25). The molecule has 3 rings (SSSR count). The van der Waals surface area contributed by atoms with Gasteiger partial charge in [0.15, 0.2) is 0 Å². The van der Waals surface area contributed by atoms with Gasteiger partial charge in [0, 0.05) is 28.8 Å². The molecule has 2 aromatic rings. The minimum atomic E-state index is -0.249. The summed E-state index contributed by atoms with van der Waals surface area (Å²) < 4.78 is 6.48. The number of carbonyl (C=O) groups excluding carboxylic acids is 2. The van der Waals surface area contributed by atoms with Crippen LogP contribution >= 0.6 is 15.9 Å². The van der Waals surface area contributed by atoms with Crippen molar-refractivity contribution in [3.63, 3.8) is 0 Å². The number of halogens is 1. The Morgan fingerprint density at radius 2 is 1.81 bits per heavy atom. The van der Waals surface area contributed by atoms with Gasteiger partial charge in [-0.15, -0.1) is 0 Å². The molecule has 2 amide bonds. The van der Waals surface area contributed by atoms with E-state index in [4.69, 9.17) is 4.74 Å². The summed E-state index contributed by atoms with van der Waals surface area (Å²) in [4.78, 5) is 27.0. The monoisotopic (exact) mass is 430 g/mol. The number of amides is 2. The third kappa shape index (κ3) is 4.89. The highest BCUT2D eigenvalue weighted by Gasteiger charge is 2.19. The first-order valence-corrected chi connectivity index (χ1v) is 10.0. The van der Waals surface area contributed by atoms with Crippen LogP contribution in [-0.4, -0.2) is 36.4 Å². The van der Waals surface area contributed by atoms with Gasteiger partial charge < -0.3 is 15.0 Å². The lowest BCUT2D eigenvalue weighted by Gasteiger charge is -2.15. The summed E-state index contributed by atoms with van der Waals surface area (Å²) in [7, 11) is 0. The molecule has 2 aromatic carbocycles. The fourth-order valence-electron chi connectivity index (χ4n) is 3.01. The van der Waals surface area contributed by atoms with Crippen LogP contribution in [0.3, 0.4) is 0 Å². The number of benzene rings is 2. The molecule has 27 heavy (non-hydrogen) atoms. The molecule has 1 saturated heterocycles. The molecule has 0 aromatic heterocycles. The van der Waals surface area contributed by atoms with Crippen LogP contribution in [-0.2, 0) is 0 Å². The lowest BCUT2D eigenvalue weighted by molar-refractivity contribution is 0.0792. The highest BCUT2D eigenvalue weighted by molar-refractivity contribution is 9.10. The largest absolute Gasteiger partial charge is 0.493 e. The van der Waals surface area contributed by atoms with Crippen LogP contribution in [0, 0.1) is 0 Å². The van der Waals surface area contributed by atoms with Crippen LogP contribution in [0.5, 0.6) is 5.75 Å². The summed E-state index contributed by atoms with van der Waals surface area (Å²) in [6, 6.07) is 12.4. The summed E-state index contributed by atoms with van der Waals surface area (Å²) in [6.45, 7) is 4.21. The van der Waals surface area contributed by atoms with E-state index in [2.05, 4.69) is 21.2 Å². The molecule has 1 heterocycles. The van der Waals surface area contributed by atoms with Crippen molar-refractivity contribution in [2.24, 2.45) is 0 Å². The predicted octanol–water partition coefficient (Wildman–Crippen LogP) is 4.73. The van der Waals surface area contributed by atoms with Gasteiger partial charge in [0.25, 0.3) is 11.8 Å². The molecule has 1 aliphatic rings. The van der Waals surface area contributed by atoms with Crippen molar-refractivity contribution < 1.29 is 14.3 Å². The van der Waals surface area contributed by atoms with Crippen molar-refractivity contribution in [2.45, 2.75) is 26.2 Å². The minimum absolute atomic E-state index is 0.0487. The minimum Gasteiger partial charge on any atom is -0.493 e. The number of nitrogens with zero attached hydrogens (tertiary/aromatic N) is 1. The fraction of sp³-hybridized carbons (Fsp3) is 0.333. The Morgan fingerprint density at radius 1 is 1.11 bits per heavy atom. The van der Waals surface area contributed by atoms with Crippen LogP contribution in [0.1, 0.15) is 46.9 Å². The van der Waals surface area contributed by atoms with E-state index in [0.717, 1.165) is 36.8 Å². The Bertz CT molecular complexity index is 815. The summed E-state index contributed by atoms with van der Waals surface area (Å²) >= 11 is 3.40. The highest BCUT2D eigenvalue weighted by atomic mass is 79.9. The van der Waals surface area contributed by atoms with Gasteiger partial charge in [-0.1, -0.05) is 22.9 Å². The first-order valence-electron chi connectivity index (χ1n) is 9.21. The van der Waals surface area contributed by atoms with Gasteiger partial charge in [0.1, 0.15) is 5.75 Å². The normalized spacial score (nSPS) is 13.5. The average Bonchev–Trinajstić information content (AvgIpc) is 3.22. The van der Waals surface area contributed by atoms with Crippen LogP contribution in [0.15, 0.2) is 46.9 Å². The molecule has 0 aliphatic carbocycles. The SMILES string of the molecule is CCCOc1ccc(Br)cc1C(=O)Nc1ccc(C(=O)N2CCCC2)cc1. The zero-order valence-corrected chi connectivity index (χ0v) is 16.9. The molecule has 6 heteroatoms. The van der Waals surface area contributed by atoms with Gasteiger partial charge in [-0.3, -0.25) is 9.59 Å². The summed E-state index contributed by atoms with van der Waals surface area (Å²) in [5.74, 6) is 0.354. The number of nitrogens with one attached hydrogen (secondary N) is 1. The second-order valence-corrected chi connectivity index (χ2v) is 7.44. The Labute approximate surface area is 167 Å². The van der Waals surface area contributed by atoms with E-state index < -0.39 is 0 Å². The third-order valence-electron chi connectivity index (χ3n) is 4.43. The van der Waals surface area contributed by atoms with Gasteiger partial charge in [0.2, 0.25) is 0 Å². The number of likely N-dealkylation sites (tertiary alicyclic amines) is 1. The zero-order valence-electron chi connectivity index (χ0n) is 15.3. The number of carbonyl (C=O) groups is 2. The van der Waals surface area contributed by atoms with Crippen molar-refractivity contribution >= 4 is 33.4 Å². The maximum atomic E-state index is 12.7. The average molecular weight is 431 g/mol. The van der Waals surface area contributed by atoms with E-state index in [0.29, 0.717) is 29.2 Å². The lowest BCUT2D eigenvalue weighted by Crippen LogP contribution is -2.27. The van der Waals surface area contributed by atoms with E-state index in [1.54, 1.807) is 36.4 Å². The Hall–Kier alpha value is -2.34. The first kappa shape index (κ1) is 19.4. The van der Waals surface area contributed by atoms with E-state index in [1.807, 2.05) is 17.9 Å². The van der Waals surface area contributed by atoms with Gasteiger partial charge in [-0.25, -0.2) is 0 Å². The molecule has 1 fully saturated rings. The lowest BCUT2D eigenvalue weighted by atomic mass is 10.1. The maximum absolute atomic E-state index is 12.7. The van der Waals surface area contributed by atoms with Crippen LogP contribution in [0.25, 0.3) is 0 Å². The van der Waals surface area contributed by atoms with Gasteiger partial charge in [-0.05, 0) is 61.7 Å². The van der Waals surface area contributed by atoms with E-state index in [-0.39, 0.29) is 11.8 Å². The first-order chi connectivity index (χ1) is 13.1. The summed E-state index contributed by atoms with van der Waals surface area (Å²) in [5, 5.41) is 2.87. The molecule has 1 aliphatic heterocycles. The van der Waals surface area contributed by atoms with Crippen LogP contribution < -0.4 is 10.1 Å². The van der Waals surface area contributed by atoms with Crippen molar-refractivity contribution in [3.05, 3.63) is 58.1 Å². The third-order valence-corrected chi connectivity index (χ3v) is 4.92. The van der Waals surface area contributed by atoms with Crippen LogP contribution in [0.4, 0.5) is 5.69 Å². The fourth-order valence-corrected chi connectivity index (χ4v) is 3.38. The van der Waals surface area contributed by atoms with Crippen molar-refractivity contribution in [1.29, 1.82) is 0 Å². The van der Waals surface area contributed by atoms with Crippen molar-refractivity contribution in [2.75, 3.05) is 25.0 Å². The highest BCUT2D eigenvalue weighted by Crippen LogP contribution is 2.25. The molecular formula is C21H23BrN2O3. The van der Waals surface area contributed by atoms with Crippen molar-refractivity contribution in [1.82, 2.24) is 4.90 Å². The van der Waals surface area contributed by atoms with E-state index >= 15 is 0 Å². The second-order valence-electron chi connectivity index (χ2n) is 6.52. The summed E-state index contributed by atoms with van der Waals surface area (Å²) in [6.07, 6.45) is 2.99. The number of hydrogen-bond acceptors (Lipinski definition) is 3. The van der Waals surface area contributed by atoms with Gasteiger partial charge in [-0.2, -0.15) is 0 Å². The molecule has 5 nitrogen and oxygen atoms in total. The zero-order chi connectivity index (χ0) is 19.2. The number of anilines is 1. The van der Waals surface area contributed by atoms with Gasteiger partial charge in [0.05, 0.1) is 12.2 Å². The van der Waals surface area contributed by atoms with E-state index in [1.165, 1.54) is 0 Å². The number of ether oxygens (including phenoxy) is 1.